The normalized spacial score (nSPS) is 15.1. The maximum Gasteiger partial charge on any atom is 0.191 e. The molecule has 2 heterocycles. The quantitative estimate of drug-likeness (QED) is 0.193. The highest BCUT2D eigenvalue weighted by Gasteiger charge is 2.19. The van der Waals surface area contributed by atoms with Crippen molar-refractivity contribution in [3.8, 4) is 5.75 Å². The Labute approximate surface area is 209 Å². The van der Waals surface area contributed by atoms with Crippen molar-refractivity contribution in [1.82, 2.24) is 20.5 Å². The molecule has 0 atom stereocenters. The molecule has 1 aromatic carbocycles. The number of likely N-dealkylation sites (tertiary alicyclic amines) is 1. The first-order chi connectivity index (χ1) is 15.3. The summed E-state index contributed by atoms with van der Waals surface area (Å²) in [7, 11) is 1.77. The highest BCUT2D eigenvalue weighted by Crippen LogP contribution is 2.16. The number of aliphatic imine (C=N–C) groups is 1. The molecule has 3 rings (SSSR count). The molecule has 7 nitrogen and oxygen atoms in total. The number of aromatic nitrogens is 1. The van der Waals surface area contributed by atoms with Gasteiger partial charge < -0.3 is 20.1 Å². The molecule has 0 radical (unpaired) electrons. The van der Waals surface area contributed by atoms with E-state index in [0.717, 1.165) is 63.8 Å². The van der Waals surface area contributed by atoms with Crippen molar-refractivity contribution in [2.45, 2.75) is 31.9 Å². The van der Waals surface area contributed by atoms with Gasteiger partial charge in [0.15, 0.2) is 5.96 Å². The Bertz CT molecular complexity index is 755. The van der Waals surface area contributed by atoms with Gasteiger partial charge in [0, 0.05) is 46.0 Å². The van der Waals surface area contributed by atoms with Crippen molar-refractivity contribution >= 4 is 29.9 Å². The Morgan fingerprint density at radius 3 is 2.56 bits per heavy atom. The van der Waals surface area contributed by atoms with Gasteiger partial charge in [-0.05, 0) is 37.0 Å². The molecule has 1 aromatic heterocycles. The third-order valence-electron chi connectivity index (χ3n) is 5.27. The molecule has 0 aliphatic carbocycles. The fourth-order valence-corrected chi connectivity index (χ4v) is 3.60. The van der Waals surface area contributed by atoms with Gasteiger partial charge in [0.05, 0.1) is 18.8 Å². The maximum atomic E-state index is 6.09. The summed E-state index contributed by atoms with van der Waals surface area (Å²) in [6.45, 7) is 6.08. The Morgan fingerprint density at radius 1 is 1.06 bits per heavy atom. The Kier molecular flexibility index (Phi) is 13.0. The number of hydrogen-bond acceptors (Lipinski definition) is 5. The van der Waals surface area contributed by atoms with Crippen molar-refractivity contribution in [3.63, 3.8) is 0 Å². The zero-order valence-corrected chi connectivity index (χ0v) is 21.2. The van der Waals surface area contributed by atoms with Gasteiger partial charge in [-0.3, -0.25) is 14.9 Å². The summed E-state index contributed by atoms with van der Waals surface area (Å²) < 4.78 is 11.7. The van der Waals surface area contributed by atoms with Gasteiger partial charge in [0.1, 0.15) is 12.4 Å². The Morgan fingerprint density at radius 2 is 1.84 bits per heavy atom. The first-order valence-electron chi connectivity index (χ1n) is 11.2. The van der Waals surface area contributed by atoms with E-state index in [2.05, 4.69) is 55.8 Å². The average molecular weight is 553 g/mol. The van der Waals surface area contributed by atoms with E-state index in [-0.39, 0.29) is 24.0 Å². The first kappa shape index (κ1) is 26.3. The molecule has 0 amide bonds. The molecule has 8 heteroatoms. The van der Waals surface area contributed by atoms with Crippen LogP contribution in [0.3, 0.4) is 0 Å². The number of ether oxygens (including phenoxy) is 2. The minimum absolute atomic E-state index is 0. The summed E-state index contributed by atoms with van der Waals surface area (Å²) in [5, 5.41) is 6.57. The second-order valence-electron chi connectivity index (χ2n) is 7.65. The predicted octanol–water partition coefficient (Wildman–Crippen LogP) is 3.31. The molecule has 0 unspecified atom stereocenters. The van der Waals surface area contributed by atoms with Crippen LogP contribution in [-0.4, -0.2) is 68.4 Å². The van der Waals surface area contributed by atoms with Crippen molar-refractivity contribution in [1.29, 1.82) is 0 Å². The molecule has 176 valence electrons. The fraction of sp³-hybridized carbons (Fsp3) is 0.500. The Balaban J connectivity index is 0.00000363. The third-order valence-corrected chi connectivity index (χ3v) is 5.27. The van der Waals surface area contributed by atoms with Crippen LogP contribution < -0.4 is 15.4 Å². The highest BCUT2D eigenvalue weighted by molar-refractivity contribution is 14.0. The molecular formula is C24H36IN5O2. The van der Waals surface area contributed by atoms with E-state index in [1.54, 1.807) is 19.4 Å². The summed E-state index contributed by atoms with van der Waals surface area (Å²) in [4.78, 5) is 10.8. The van der Waals surface area contributed by atoms with E-state index >= 15 is 0 Å². The molecule has 1 saturated heterocycles. The third kappa shape index (κ3) is 10.1. The monoisotopic (exact) mass is 553 g/mol. The second kappa shape index (κ2) is 15.8. The van der Waals surface area contributed by atoms with E-state index in [1.165, 1.54) is 5.56 Å². The van der Waals surface area contributed by atoms with Crippen LogP contribution in [0.25, 0.3) is 0 Å². The van der Waals surface area contributed by atoms with E-state index in [4.69, 9.17) is 9.47 Å². The van der Waals surface area contributed by atoms with Gasteiger partial charge in [0.25, 0.3) is 0 Å². The molecule has 0 spiro atoms. The van der Waals surface area contributed by atoms with E-state index in [9.17, 15) is 0 Å². The van der Waals surface area contributed by atoms with E-state index < -0.39 is 0 Å². The summed E-state index contributed by atoms with van der Waals surface area (Å²) in [5.41, 5.74) is 1.39. The van der Waals surface area contributed by atoms with Crippen molar-refractivity contribution in [2.24, 2.45) is 4.99 Å². The van der Waals surface area contributed by atoms with Crippen molar-refractivity contribution in [3.05, 3.63) is 60.4 Å². The zero-order chi connectivity index (χ0) is 21.6. The zero-order valence-electron chi connectivity index (χ0n) is 18.9. The van der Waals surface area contributed by atoms with Crippen LogP contribution in [0.1, 0.15) is 24.8 Å². The number of guanidine groups is 1. The van der Waals surface area contributed by atoms with E-state index in [1.807, 2.05) is 12.1 Å². The van der Waals surface area contributed by atoms with Crippen LogP contribution >= 0.6 is 24.0 Å². The molecule has 2 N–H and O–H groups in total. The number of halogens is 1. The van der Waals surface area contributed by atoms with Crippen LogP contribution in [0.5, 0.6) is 5.75 Å². The summed E-state index contributed by atoms with van der Waals surface area (Å²) in [6, 6.07) is 14.5. The van der Waals surface area contributed by atoms with Gasteiger partial charge in [-0.1, -0.05) is 30.3 Å². The lowest BCUT2D eigenvalue weighted by atomic mass is 10.1. The summed E-state index contributed by atoms with van der Waals surface area (Å²) in [6.07, 6.45) is 7.00. The number of nitrogens with zero attached hydrogens (tertiary/aromatic N) is 3. The van der Waals surface area contributed by atoms with Crippen LogP contribution in [0.4, 0.5) is 0 Å². The van der Waals surface area contributed by atoms with Crippen molar-refractivity contribution in [2.75, 3.05) is 46.4 Å². The average Bonchev–Trinajstić information content (AvgIpc) is 2.82. The van der Waals surface area contributed by atoms with Gasteiger partial charge in [-0.25, -0.2) is 0 Å². The molecule has 1 aliphatic rings. The molecule has 2 aromatic rings. The number of benzene rings is 1. The van der Waals surface area contributed by atoms with Gasteiger partial charge in [0.2, 0.25) is 0 Å². The lowest BCUT2D eigenvalue weighted by Gasteiger charge is -2.32. The minimum Gasteiger partial charge on any atom is -0.490 e. The van der Waals surface area contributed by atoms with Crippen LogP contribution in [0.2, 0.25) is 0 Å². The predicted molar refractivity (Wildman–Crippen MR) is 140 cm³/mol. The molecule has 0 bridgehead atoms. The van der Waals surface area contributed by atoms with E-state index in [0.29, 0.717) is 19.3 Å². The largest absolute Gasteiger partial charge is 0.490 e. The van der Waals surface area contributed by atoms with Crippen molar-refractivity contribution < 1.29 is 9.47 Å². The first-order valence-corrected chi connectivity index (χ1v) is 11.2. The number of nitrogens with one attached hydrogen (secondary N) is 2. The molecule has 0 saturated carbocycles. The number of piperidine rings is 1. The highest BCUT2D eigenvalue weighted by atomic mass is 127. The second-order valence-corrected chi connectivity index (χ2v) is 7.65. The van der Waals surface area contributed by atoms with Gasteiger partial charge >= 0.3 is 0 Å². The van der Waals surface area contributed by atoms with Crippen LogP contribution in [0, 0.1) is 0 Å². The molecular weight excluding hydrogens is 517 g/mol. The summed E-state index contributed by atoms with van der Waals surface area (Å²) >= 11 is 0. The standard InChI is InChI=1S/C24H35N5O2.HI/c1-25-24(28-14-18-31-23-9-5-12-26-19-23)27-13-6-17-30-22-10-15-29(16-11-22)20-21-7-3-2-4-8-21;/h2-5,7-9,12,19,22H,6,10-11,13-18,20H2,1H3,(H2,25,27,28);1H. The maximum absolute atomic E-state index is 6.09. The number of rotatable bonds is 11. The lowest BCUT2D eigenvalue weighted by Crippen LogP contribution is -2.40. The molecule has 32 heavy (non-hydrogen) atoms. The SMILES string of the molecule is CN=C(NCCCOC1CCN(Cc2ccccc2)CC1)NCCOc1cccnc1.I. The number of hydrogen-bond donors (Lipinski definition) is 2. The molecule has 1 aliphatic heterocycles. The lowest BCUT2D eigenvalue weighted by molar-refractivity contribution is 0.00534. The topological polar surface area (TPSA) is 71.0 Å². The minimum atomic E-state index is 0. The van der Waals surface area contributed by atoms with Crippen LogP contribution in [0.15, 0.2) is 59.9 Å². The van der Waals surface area contributed by atoms with Gasteiger partial charge in [-0.15, -0.1) is 24.0 Å². The van der Waals surface area contributed by atoms with Gasteiger partial charge in [-0.2, -0.15) is 0 Å². The fourth-order valence-electron chi connectivity index (χ4n) is 3.60. The van der Waals surface area contributed by atoms with Crippen LogP contribution in [-0.2, 0) is 11.3 Å². The summed E-state index contributed by atoms with van der Waals surface area (Å²) in [5.74, 6) is 1.55. The smallest absolute Gasteiger partial charge is 0.191 e. The molecule has 1 fully saturated rings. The Hall–Kier alpha value is -1.91. The number of pyridine rings is 1.